The molecule has 0 aliphatic carbocycles. The van der Waals surface area contributed by atoms with Gasteiger partial charge in [-0.3, -0.25) is 0 Å². The monoisotopic (exact) mass is 357 g/mol. The summed E-state index contributed by atoms with van der Waals surface area (Å²) in [5.74, 6) is -0.0239. The van der Waals surface area contributed by atoms with Gasteiger partial charge in [0.1, 0.15) is 6.10 Å². The van der Waals surface area contributed by atoms with Crippen molar-refractivity contribution in [1.82, 2.24) is 5.32 Å². The summed E-state index contributed by atoms with van der Waals surface area (Å²) in [5, 5.41) is 3.34. The first-order chi connectivity index (χ1) is 13.3. The molecular weight excluding hydrogens is 334 g/mol. The lowest BCUT2D eigenvalue weighted by atomic mass is 9.88. The highest BCUT2D eigenvalue weighted by Crippen LogP contribution is 2.28. The topological polar surface area (TPSA) is 38.3 Å². The number of carbonyl (C=O) groups excluding carboxylic acids is 1. The van der Waals surface area contributed by atoms with Gasteiger partial charge in [-0.15, -0.1) is 0 Å². The van der Waals surface area contributed by atoms with Crippen LogP contribution in [0.5, 0.6) is 0 Å². The maximum Gasteiger partial charge on any atom is 0.338 e. The van der Waals surface area contributed by atoms with Crippen molar-refractivity contribution in [2.75, 3.05) is 13.1 Å². The van der Waals surface area contributed by atoms with Crippen molar-refractivity contribution in [3.63, 3.8) is 0 Å². The largest absolute Gasteiger partial charge is 0.457 e. The van der Waals surface area contributed by atoms with Gasteiger partial charge in [0.25, 0.3) is 0 Å². The summed E-state index contributed by atoms with van der Waals surface area (Å²) in [6.45, 7) is 1.63. The normalized spacial score (nSPS) is 19.4. The van der Waals surface area contributed by atoms with E-state index in [0.29, 0.717) is 12.1 Å². The Labute approximate surface area is 160 Å². The highest BCUT2D eigenvalue weighted by Gasteiger charge is 2.29. The number of ether oxygens (including phenoxy) is 1. The van der Waals surface area contributed by atoms with Crippen molar-refractivity contribution in [2.45, 2.75) is 18.4 Å². The highest BCUT2D eigenvalue weighted by atomic mass is 16.5. The van der Waals surface area contributed by atoms with E-state index >= 15 is 0 Å². The third-order valence-electron chi connectivity index (χ3n) is 5.14. The van der Waals surface area contributed by atoms with Crippen LogP contribution in [0.1, 0.15) is 28.3 Å². The van der Waals surface area contributed by atoms with Crippen molar-refractivity contribution in [3.05, 3.63) is 96.1 Å². The number of benzene rings is 3. The minimum absolute atomic E-state index is 0.151. The van der Waals surface area contributed by atoms with E-state index in [2.05, 4.69) is 29.6 Å². The standard InChI is InChI=1S/C24H23NO2/c26-24(21-13-11-19(12-14-21)18-7-3-1-4-8-18)27-23-17-25-16-15-22(23)20-9-5-2-6-10-20/h1-14,22-23,25H,15-17H2. The molecule has 1 N–H and O–H groups in total. The third-order valence-corrected chi connectivity index (χ3v) is 5.14. The van der Waals surface area contributed by atoms with Gasteiger partial charge in [-0.2, -0.15) is 0 Å². The predicted octanol–water partition coefficient (Wildman–Crippen LogP) is 4.66. The van der Waals surface area contributed by atoms with E-state index in [-0.39, 0.29) is 18.0 Å². The average molecular weight is 357 g/mol. The molecule has 2 atom stereocenters. The molecule has 3 aromatic carbocycles. The fourth-order valence-electron chi connectivity index (χ4n) is 3.67. The molecule has 1 heterocycles. The summed E-state index contributed by atoms with van der Waals surface area (Å²) in [5.41, 5.74) is 4.05. The molecule has 0 bridgehead atoms. The van der Waals surface area contributed by atoms with Crippen LogP contribution in [0.2, 0.25) is 0 Å². The zero-order chi connectivity index (χ0) is 18.5. The number of carbonyl (C=O) groups is 1. The lowest BCUT2D eigenvalue weighted by Crippen LogP contribution is -2.42. The molecular formula is C24H23NO2. The molecule has 0 radical (unpaired) electrons. The molecule has 0 amide bonds. The van der Waals surface area contributed by atoms with E-state index in [0.717, 1.165) is 24.1 Å². The van der Waals surface area contributed by atoms with E-state index in [9.17, 15) is 4.79 Å². The second kappa shape index (κ2) is 8.19. The van der Waals surface area contributed by atoms with Crippen LogP contribution in [-0.4, -0.2) is 25.2 Å². The van der Waals surface area contributed by atoms with Gasteiger partial charge >= 0.3 is 5.97 Å². The van der Waals surface area contributed by atoms with Crippen LogP contribution < -0.4 is 5.32 Å². The number of hydrogen-bond acceptors (Lipinski definition) is 3. The Balaban J connectivity index is 1.47. The lowest BCUT2D eigenvalue weighted by molar-refractivity contribution is 0.0182. The van der Waals surface area contributed by atoms with E-state index in [4.69, 9.17) is 4.74 Å². The molecule has 1 aliphatic rings. The summed E-state index contributed by atoms with van der Waals surface area (Å²) in [6, 6.07) is 28.1. The Morgan fingerprint density at radius 3 is 2.15 bits per heavy atom. The molecule has 0 spiro atoms. The van der Waals surface area contributed by atoms with Gasteiger partial charge < -0.3 is 10.1 Å². The van der Waals surface area contributed by atoms with E-state index in [1.807, 2.05) is 60.7 Å². The van der Waals surface area contributed by atoms with Gasteiger partial charge in [0.2, 0.25) is 0 Å². The first-order valence-corrected chi connectivity index (χ1v) is 9.43. The zero-order valence-electron chi connectivity index (χ0n) is 15.2. The fraction of sp³-hybridized carbons (Fsp3) is 0.208. The second-order valence-corrected chi connectivity index (χ2v) is 6.90. The van der Waals surface area contributed by atoms with E-state index in [1.54, 1.807) is 0 Å². The van der Waals surface area contributed by atoms with Crippen LogP contribution in [-0.2, 0) is 4.74 Å². The van der Waals surface area contributed by atoms with Crippen molar-refractivity contribution in [3.8, 4) is 11.1 Å². The van der Waals surface area contributed by atoms with Crippen molar-refractivity contribution in [2.24, 2.45) is 0 Å². The van der Waals surface area contributed by atoms with Crippen LogP contribution in [0, 0.1) is 0 Å². The SMILES string of the molecule is O=C(OC1CNCCC1c1ccccc1)c1ccc(-c2ccccc2)cc1. The maximum atomic E-state index is 12.7. The molecule has 136 valence electrons. The molecule has 2 unspecified atom stereocenters. The Bertz CT molecular complexity index is 875. The summed E-state index contributed by atoms with van der Waals surface area (Å²) < 4.78 is 5.89. The molecule has 3 nitrogen and oxygen atoms in total. The van der Waals surface area contributed by atoms with Crippen molar-refractivity contribution in [1.29, 1.82) is 0 Å². The average Bonchev–Trinajstić information content (AvgIpc) is 2.75. The van der Waals surface area contributed by atoms with Crippen molar-refractivity contribution < 1.29 is 9.53 Å². The zero-order valence-corrected chi connectivity index (χ0v) is 15.2. The molecule has 1 saturated heterocycles. The molecule has 1 aliphatic heterocycles. The molecule has 4 rings (SSSR count). The lowest BCUT2D eigenvalue weighted by Gasteiger charge is -2.32. The van der Waals surface area contributed by atoms with Crippen LogP contribution in [0.3, 0.4) is 0 Å². The first-order valence-electron chi connectivity index (χ1n) is 9.43. The molecule has 0 saturated carbocycles. The second-order valence-electron chi connectivity index (χ2n) is 6.90. The molecule has 1 fully saturated rings. The van der Waals surface area contributed by atoms with Gasteiger partial charge in [0, 0.05) is 12.5 Å². The van der Waals surface area contributed by atoms with Gasteiger partial charge in [-0.25, -0.2) is 4.79 Å². The number of nitrogens with one attached hydrogen (secondary N) is 1. The Morgan fingerprint density at radius 2 is 1.44 bits per heavy atom. The van der Waals surface area contributed by atoms with E-state index in [1.165, 1.54) is 5.56 Å². The minimum Gasteiger partial charge on any atom is -0.457 e. The number of hydrogen-bond donors (Lipinski definition) is 1. The highest BCUT2D eigenvalue weighted by molar-refractivity contribution is 5.90. The number of esters is 1. The fourth-order valence-corrected chi connectivity index (χ4v) is 3.67. The van der Waals surface area contributed by atoms with E-state index < -0.39 is 0 Å². The van der Waals surface area contributed by atoms with Crippen LogP contribution in [0.4, 0.5) is 0 Å². The van der Waals surface area contributed by atoms with Gasteiger partial charge in [0.15, 0.2) is 0 Å². The number of piperidine rings is 1. The summed E-state index contributed by atoms with van der Waals surface area (Å²) in [6.07, 6.45) is 0.817. The third kappa shape index (κ3) is 4.09. The Kier molecular flexibility index (Phi) is 5.31. The smallest absolute Gasteiger partial charge is 0.338 e. The van der Waals surface area contributed by atoms with Crippen LogP contribution in [0.25, 0.3) is 11.1 Å². The Hall–Kier alpha value is -2.91. The minimum atomic E-state index is -0.260. The van der Waals surface area contributed by atoms with Gasteiger partial charge in [-0.1, -0.05) is 72.8 Å². The summed E-state index contributed by atoms with van der Waals surface area (Å²) in [4.78, 5) is 12.7. The summed E-state index contributed by atoms with van der Waals surface area (Å²) >= 11 is 0. The van der Waals surface area contributed by atoms with Gasteiger partial charge in [0.05, 0.1) is 5.56 Å². The number of rotatable bonds is 4. The Morgan fingerprint density at radius 1 is 0.815 bits per heavy atom. The summed E-state index contributed by atoms with van der Waals surface area (Å²) in [7, 11) is 0. The van der Waals surface area contributed by atoms with Gasteiger partial charge in [-0.05, 0) is 41.8 Å². The first kappa shape index (κ1) is 17.5. The predicted molar refractivity (Wildman–Crippen MR) is 108 cm³/mol. The molecule has 27 heavy (non-hydrogen) atoms. The van der Waals surface area contributed by atoms with Crippen LogP contribution >= 0.6 is 0 Å². The molecule has 3 aromatic rings. The van der Waals surface area contributed by atoms with Crippen molar-refractivity contribution >= 4 is 5.97 Å². The molecule has 3 heteroatoms. The molecule has 0 aromatic heterocycles. The quantitative estimate of drug-likeness (QED) is 0.691. The van der Waals surface area contributed by atoms with Crippen LogP contribution in [0.15, 0.2) is 84.9 Å². The maximum absolute atomic E-state index is 12.7.